The van der Waals surface area contributed by atoms with Gasteiger partial charge < -0.3 is 5.11 Å². The molecular formula is C12H21N3O. The van der Waals surface area contributed by atoms with Gasteiger partial charge in [0, 0.05) is 31.0 Å². The molecule has 2 atom stereocenters. The molecule has 1 N–H and O–H groups in total. The highest BCUT2D eigenvalue weighted by atomic mass is 16.3. The third-order valence-corrected chi connectivity index (χ3v) is 3.55. The number of likely N-dealkylation sites (tertiary alicyclic amines) is 1. The number of aliphatic hydroxyl groups excluding tert-OH is 1. The molecule has 0 aromatic carbocycles. The molecule has 0 aliphatic carbocycles. The van der Waals surface area contributed by atoms with Crippen molar-refractivity contribution in [2.24, 2.45) is 0 Å². The smallest absolute Gasteiger partial charge is 0.0586 e. The monoisotopic (exact) mass is 223 g/mol. The zero-order valence-electron chi connectivity index (χ0n) is 9.92. The zero-order valence-corrected chi connectivity index (χ0v) is 9.92. The minimum Gasteiger partial charge on any atom is -0.395 e. The summed E-state index contributed by atoms with van der Waals surface area (Å²) in [6, 6.07) is 2.88. The molecule has 0 bridgehead atoms. The fourth-order valence-corrected chi connectivity index (χ4v) is 2.59. The van der Waals surface area contributed by atoms with Crippen molar-refractivity contribution in [2.45, 2.75) is 44.8 Å². The van der Waals surface area contributed by atoms with E-state index in [0.717, 1.165) is 19.5 Å². The van der Waals surface area contributed by atoms with Gasteiger partial charge in [0.2, 0.25) is 0 Å². The molecule has 1 saturated heterocycles. The van der Waals surface area contributed by atoms with Crippen LogP contribution < -0.4 is 0 Å². The largest absolute Gasteiger partial charge is 0.395 e. The van der Waals surface area contributed by atoms with Crippen LogP contribution in [-0.2, 0) is 6.54 Å². The van der Waals surface area contributed by atoms with E-state index < -0.39 is 0 Å². The number of hydrogen-bond donors (Lipinski definition) is 1. The minimum absolute atomic E-state index is 0.281. The van der Waals surface area contributed by atoms with Crippen LogP contribution in [0.4, 0.5) is 0 Å². The average molecular weight is 223 g/mol. The van der Waals surface area contributed by atoms with E-state index in [1.807, 2.05) is 23.1 Å². The molecule has 2 heterocycles. The molecule has 16 heavy (non-hydrogen) atoms. The highest BCUT2D eigenvalue weighted by Crippen LogP contribution is 2.22. The summed E-state index contributed by atoms with van der Waals surface area (Å²) in [6.07, 6.45) is 7.41. The molecule has 1 aromatic heterocycles. The van der Waals surface area contributed by atoms with Crippen molar-refractivity contribution in [1.82, 2.24) is 14.7 Å². The van der Waals surface area contributed by atoms with Crippen LogP contribution in [0.5, 0.6) is 0 Å². The SMILES string of the molecule is CC1CCCC(CO)N1CCn1cccn1. The summed E-state index contributed by atoms with van der Waals surface area (Å²) in [5, 5.41) is 13.6. The van der Waals surface area contributed by atoms with Crippen molar-refractivity contribution >= 4 is 0 Å². The van der Waals surface area contributed by atoms with Crippen LogP contribution in [-0.4, -0.2) is 45.0 Å². The van der Waals surface area contributed by atoms with Gasteiger partial charge in [-0.3, -0.25) is 9.58 Å². The van der Waals surface area contributed by atoms with Crippen LogP contribution in [0.1, 0.15) is 26.2 Å². The van der Waals surface area contributed by atoms with Crippen molar-refractivity contribution in [1.29, 1.82) is 0 Å². The van der Waals surface area contributed by atoms with Crippen molar-refractivity contribution in [3.63, 3.8) is 0 Å². The quantitative estimate of drug-likeness (QED) is 0.831. The first-order chi connectivity index (χ1) is 7.81. The molecule has 1 fully saturated rings. The fraction of sp³-hybridized carbons (Fsp3) is 0.750. The molecule has 2 rings (SSSR count). The summed E-state index contributed by atoms with van der Waals surface area (Å²) >= 11 is 0. The van der Waals surface area contributed by atoms with E-state index in [2.05, 4.69) is 16.9 Å². The van der Waals surface area contributed by atoms with Gasteiger partial charge in [-0.2, -0.15) is 5.10 Å². The Morgan fingerprint density at radius 1 is 1.38 bits per heavy atom. The first-order valence-electron chi connectivity index (χ1n) is 6.15. The summed E-state index contributed by atoms with van der Waals surface area (Å²) in [4.78, 5) is 2.42. The second-order valence-electron chi connectivity index (χ2n) is 4.62. The third kappa shape index (κ3) is 2.62. The summed E-state index contributed by atoms with van der Waals surface area (Å²) < 4.78 is 1.95. The highest BCUT2D eigenvalue weighted by molar-refractivity contribution is 4.83. The topological polar surface area (TPSA) is 41.3 Å². The third-order valence-electron chi connectivity index (χ3n) is 3.55. The second-order valence-corrected chi connectivity index (χ2v) is 4.62. The van der Waals surface area contributed by atoms with E-state index in [4.69, 9.17) is 0 Å². The van der Waals surface area contributed by atoms with Crippen LogP contribution in [0.2, 0.25) is 0 Å². The fourth-order valence-electron chi connectivity index (χ4n) is 2.59. The lowest BCUT2D eigenvalue weighted by atomic mass is 9.97. The molecule has 0 saturated carbocycles. The van der Waals surface area contributed by atoms with Crippen molar-refractivity contribution < 1.29 is 5.11 Å². The van der Waals surface area contributed by atoms with Crippen molar-refractivity contribution in [3.8, 4) is 0 Å². The minimum atomic E-state index is 0.281. The van der Waals surface area contributed by atoms with E-state index in [0.29, 0.717) is 12.1 Å². The van der Waals surface area contributed by atoms with E-state index in [9.17, 15) is 5.11 Å². The Labute approximate surface area is 96.9 Å². The van der Waals surface area contributed by atoms with E-state index in [1.54, 1.807) is 0 Å². The lowest BCUT2D eigenvalue weighted by molar-refractivity contribution is 0.0482. The number of aliphatic hydroxyl groups is 1. The summed E-state index contributed by atoms with van der Waals surface area (Å²) in [5.41, 5.74) is 0. The van der Waals surface area contributed by atoms with Crippen LogP contribution in [0.15, 0.2) is 18.5 Å². The normalized spacial score (nSPS) is 27.1. The summed E-state index contributed by atoms with van der Waals surface area (Å²) in [6.45, 7) is 4.43. The Kier molecular flexibility index (Phi) is 3.96. The van der Waals surface area contributed by atoms with Crippen LogP contribution >= 0.6 is 0 Å². The van der Waals surface area contributed by atoms with Gasteiger partial charge in [-0.15, -0.1) is 0 Å². The van der Waals surface area contributed by atoms with Gasteiger partial charge in [0.05, 0.1) is 13.2 Å². The maximum Gasteiger partial charge on any atom is 0.0586 e. The number of piperidine rings is 1. The van der Waals surface area contributed by atoms with Crippen LogP contribution in [0.3, 0.4) is 0 Å². The van der Waals surface area contributed by atoms with Crippen LogP contribution in [0.25, 0.3) is 0 Å². The molecule has 90 valence electrons. The van der Waals surface area contributed by atoms with Gasteiger partial charge in [-0.25, -0.2) is 0 Å². The maximum atomic E-state index is 9.37. The predicted octanol–water partition coefficient (Wildman–Crippen LogP) is 1.12. The Morgan fingerprint density at radius 3 is 2.94 bits per heavy atom. The van der Waals surface area contributed by atoms with Crippen molar-refractivity contribution in [2.75, 3.05) is 13.2 Å². The van der Waals surface area contributed by atoms with Gasteiger partial charge in [-0.1, -0.05) is 6.42 Å². The van der Waals surface area contributed by atoms with Gasteiger partial charge in [0.15, 0.2) is 0 Å². The number of hydrogen-bond acceptors (Lipinski definition) is 3. The Bertz CT molecular complexity index is 299. The standard InChI is InChI=1S/C12H21N3O/c1-11-4-2-5-12(10-16)15(11)9-8-14-7-3-6-13-14/h3,6-7,11-12,16H,2,4-5,8-10H2,1H3. The number of aromatic nitrogens is 2. The molecule has 1 aliphatic rings. The molecule has 0 spiro atoms. The lowest BCUT2D eigenvalue weighted by Crippen LogP contribution is -2.48. The Morgan fingerprint density at radius 2 is 2.25 bits per heavy atom. The maximum absolute atomic E-state index is 9.37. The molecule has 0 amide bonds. The van der Waals surface area contributed by atoms with Crippen molar-refractivity contribution in [3.05, 3.63) is 18.5 Å². The molecule has 2 unspecified atom stereocenters. The van der Waals surface area contributed by atoms with E-state index in [1.165, 1.54) is 12.8 Å². The average Bonchev–Trinajstić information content (AvgIpc) is 2.80. The van der Waals surface area contributed by atoms with E-state index in [-0.39, 0.29) is 6.61 Å². The molecule has 1 aromatic rings. The van der Waals surface area contributed by atoms with Gasteiger partial charge in [-0.05, 0) is 25.8 Å². The molecule has 4 nitrogen and oxygen atoms in total. The Balaban J connectivity index is 1.90. The first-order valence-corrected chi connectivity index (χ1v) is 6.15. The first kappa shape index (κ1) is 11.6. The Hall–Kier alpha value is -0.870. The molecular weight excluding hydrogens is 202 g/mol. The molecule has 0 radical (unpaired) electrons. The lowest BCUT2D eigenvalue weighted by Gasteiger charge is -2.39. The van der Waals surface area contributed by atoms with Crippen LogP contribution in [0, 0.1) is 0 Å². The van der Waals surface area contributed by atoms with Gasteiger partial charge in [0.25, 0.3) is 0 Å². The summed E-state index contributed by atoms with van der Waals surface area (Å²) in [5.74, 6) is 0. The van der Waals surface area contributed by atoms with Gasteiger partial charge in [0.1, 0.15) is 0 Å². The summed E-state index contributed by atoms with van der Waals surface area (Å²) in [7, 11) is 0. The molecule has 1 aliphatic heterocycles. The van der Waals surface area contributed by atoms with E-state index >= 15 is 0 Å². The zero-order chi connectivity index (χ0) is 11.4. The number of rotatable bonds is 4. The van der Waals surface area contributed by atoms with Gasteiger partial charge >= 0.3 is 0 Å². The number of nitrogens with zero attached hydrogens (tertiary/aromatic N) is 3. The predicted molar refractivity (Wildman–Crippen MR) is 63.1 cm³/mol. The molecule has 4 heteroatoms. The highest BCUT2D eigenvalue weighted by Gasteiger charge is 2.26. The second kappa shape index (κ2) is 5.46.